The second-order valence-corrected chi connectivity index (χ2v) is 11.3. The van der Waals surface area contributed by atoms with Crippen molar-refractivity contribution >= 4 is 23.2 Å². The zero-order chi connectivity index (χ0) is 28.1. The number of benzene rings is 2. The Labute approximate surface area is 240 Å². The van der Waals surface area contributed by atoms with Gasteiger partial charge in [0.15, 0.2) is 0 Å². The summed E-state index contributed by atoms with van der Waals surface area (Å²) < 4.78 is 11.3. The van der Waals surface area contributed by atoms with Crippen molar-refractivity contribution in [2.45, 2.75) is 39.3 Å². The van der Waals surface area contributed by atoms with Crippen molar-refractivity contribution in [3.63, 3.8) is 0 Å². The third-order valence-electron chi connectivity index (χ3n) is 7.77. The number of aromatic nitrogens is 1. The van der Waals surface area contributed by atoms with Crippen LogP contribution >= 0.6 is 11.3 Å². The Morgan fingerprint density at radius 2 is 1.82 bits per heavy atom. The van der Waals surface area contributed by atoms with Gasteiger partial charge in [0.25, 0.3) is 5.91 Å². The van der Waals surface area contributed by atoms with Crippen LogP contribution < -0.4 is 4.74 Å². The first-order chi connectivity index (χ1) is 19.5. The maximum atomic E-state index is 13.0. The van der Waals surface area contributed by atoms with Crippen LogP contribution in [0.3, 0.4) is 0 Å². The summed E-state index contributed by atoms with van der Waals surface area (Å²) in [6.07, 6.45) is 1.30. The molecule has 3 heterocycles. The zero-order valence-corrected chi connectivity index (χ0v) is 24.4. The molecule has 2 amide bonds. The largest absolute Gasteiger partial charge is 0.486 e. The predicted octanol–water partition coefficient (Wildman–Crippen LogP) is 4.32. The van der Waals surface area contributed by atoms with Gasteiger partial charge in [0, 0.05) is 58.2 Å². The van der Waals surface area contributed by atoms with Crippen molar-refractivity contribution in [2.75, 3.05) is 53.0 Å². The molecule has 0 N–H and O–H groups in total. The first kappa shape index (κ1) is 28.3. The summed E-state index contributed by atoms with van der Waals surface area (Å²) in [6, 6.07) is 14.5. The molecule has 0 aliphatic carbocycles. The molecule has 0 bridgehead atoms. The van der Waals surface area contributed by atoms with Crippen LogP contribution in [0.4, 0.5) is 0 Å². The number of carbonyl (C=O) groups excluding carboxylic acids is 2. The van der Waals surface area contributed by atoms with E-state index in [2.05, 4.69) is 53.2 Å². The fourth-order valence-electron chi connectivity index (χ4n) is 5.44. The van der Waals surface area contributed by atoms with E-state index in [0.29, 0.717) is 38.4 Å². The molecule has 2 aromatic carbocycles. The number of thiazole rings is 1. The lowest BCUT2D eigenvalue weighted by atomic mass is 9.87. The summed E-state index contributed by atoms with van der Waals surface area (Å²) in [7, 11) is 1.71. The average molecular weight is 563 g/mol. The van der Waals surface area contributed by atoms with E-state index in [1.165, 1.54) is 22.5 Å². The van der Waals surface area contributed by atoms with E-state index < -0.39 is 0 Å². The number of amides is 2. The van der Waals surface area contributed by atoms with Gasteiger partial charge in [-0.2, -0.15) is 0 Å². The molecule has 2 aliphatic rings. The molecule has 0 spiro atoms. The van der Waals surface area contributed by atoms with Gasteiger partial charge >= 0.3 is 0 Å². The Kier molecular flexibility index (Phi) is 9.14. The number of methoxy groups -OCH3 is 1. The Balaban J connectivity index is 1.26. The summed E-state index contributed by atoms with van der Waals surface area (Å²) in [5, 5.41) is 2.59. The maximum Gasteiger partial charge on any atom is 0.273 e. The van der Waals surface area contributed by atoms with Gasteiger partial charge in [-0.05, 0) is 42.2 Å². The normalized spacial score (nSPS) is 17.5. The summed E-state index contributed by atoms with van der Waals surface area (Å²) in [5.41, 5.74) is 5.12. The van der Waals surface area contributed by atoms with Gasteiger partial charge in [-0.1, -0.05) is 42.8 Å². The Hall–Kier alpha value is -3.27. The number of piperazine rings is 1. The van der Waals surface area contributed by atoms with Crippen molar-refractivity contribution in [2.24, 2.45) is 0 Å². The first-order valence-corrected chi connectivity index (χ1v) is 14.9. The van der Waals surface area contributed by atoms with Gasteiger partial charge in [-0.25, -0.2) is 4.98 Å². The number of carbonyl (C=O) groups is 2. The minimum Gasteiger partial charge on any atom is -0.486 e. The van der Waals surface area contributed by atoms with E-state index in [1.807, 2.05) is 28.2 Å². The molecular formula is C31H38N4O4S. The molecule has 9 heteroatoms. The monoisotopic (exact) mass is 562 g/mol. The number of rotatable bonds is 9. The number of aryl methyl sites for hydroxylation is 1. The lowest BCUT2D eigenvalue weighted by Crippen LogP contribution is -2.49. The number of fused-ring (bicyclic) bond motifs is 1. The van der Waals surface area contributed by atoms with Crippen molar-refractivity contribution in [1.29, 1.82) is 0 Å². The Morgan fingerprint density at radius 1 is 1.05 bits per heavy atom. The van der Waals surface area contributed by atoms with E-state index in [1.54, 1.807) is 7.11 Å². The standard InChI is InChI=1S/C31H38N4O4S/c1-4-29(36)35-12-11-23-9-10-25(19-26(23)30(35)24-7-5-22(2)6-8-24)39-20-28-32-27(21-40-28)31(37)34-15-13-33(14-16-34)17-18-38-3/h5-10,19,21,30H,4,11-18,20H2,1-3H3/t30-/m1/s1. The fraction of sp³-hybridized carbons (Fsp3) is 0.452. The molecule has 1 aromatic heterocycles. The van der Waals surface area contributed by atoms with Crippen molar-refractivity contribution in [3.8, 4) is 5.75 Å². The number of ether oxygens (including phenoxy) is 2. The molecule has 0 radical (unpaired) electrons. The molecular weight excluding hydrogens is 524 g/mol. The van der Waals surface area contributed by atoms with Gasteiger partial charge in [0.1, 0.15) is 23.1 Å². The molecule has 0 saturated carbocycles. The van der Waals surface area contributed by atoms with Crippen molar-refractivity contribution in [3.05, 3.63) is 80.8 Å². The topological polar surface area (TPSA) is 75.2 Å². The molecule has 8 nitrogen and oxygen atoms in total. The highest BCUT2D eigenvalue weighted by atomic mass is 32.1. The Bertz CT molecular complexity index is 1320. The molecule has 1 fully saturated rings. The van der Waals surface area contributed by atoms with Crippen LogP contribution in [-0.4, -0.2) is 84.5 Å². The predicted molar refractivity (Wildman–Crippen MR) is 156 cm³/mol. The number of hydrogen-bond donors (Lipinski definition) is 0. The van der Waals surface area contributed by atoms with Crippen LogP contribution in [0.15, 0.2) is 47.8 Å². The molecule has 1 saturated heterocycles. The molecule has 1 atom stereocenters. The highest BCUT2D eigenvalue weighted by Crippen LogP contribution is 2.37. The van der Waals surface area contributed by atoms with Gasteiger partial charge in [0.2, 0.25) is 5.91 Å². The van der Waals surface area contributed by atoms with Crippen molar-refractivity contribution < 1.29 is 19.1 Å². The van der Waals surface area contributed by atoms with Crippen LogP contribution in [0.5, 0.6) is 5.75 Å². The SMILES string of the molecule is CCC(=O)N1CCc2ccc(OCc3nc(C(=O)N4CCN(CCOC)CC4)cs3)cc2[C@H]1c1ccc(C)cc1. The summed E-state index contributed by atoms with van der Waals surface area (Å²) in [6.45, 7) is 9.65. The average Bonchev–Trinajstić information content (AvgIpc) is 3.47. The van der Waals surface area contributed by atoms with Gasteiger partial charge < -0.3 is 19.3 Å². The third kappa shape index (κ3) is 6.37. The van der Waals surface area contributed by atoms with Crippen LogP contribution in [0.25, 0.3) is 0 Å². The van der Waals surface area contributed by atoms with Gasteiger partial charge in [-0.3, -0.25) is 14.5 Å². The number of nitrogens with zero attached hydrogens (tertiary/aromatic N) is 4. The smallest absolute Gasteiger partial charge is 0.273 e. The summed E-state index contributed by atoms with van der Waals surface area (Å²) >= 11 is 1.44. The van der Waals surface area contributed by atoms with E-state index >= 15 is 0 Å². The summed E-state index contributed by atoms with van der Waals surface area (Å²) in [5.74, 6) is 0.861. The maximum absolute atomic E-state index is 13.0. The highest BCUT2D eigenvalue weighted by Gasteiger charge is 2.32. The van der Waals surface area contributed by atoms with Crippen LogP contribution in [0.1, 0.15) is 57.1 Å². The van der Waals surface area contributed by atoms with E-state index in [9.17, 15) is 9.59 Å². The van der Waals surface area contributed by atoms with E-state index in [0.717, 1.165) is 47.9 Å². The van der Waals surface area contributed by atoms with Crippen molar-refractivity contribution in [1.82, 2.24) is 19.7 Å². The quantitative estimate of drug-likeness (QED) is 0.387. The molecule has 0 unspecified atom stereocenters. The second kappa shape index (κ2) is 12.9. The Morgan fingerprint density at radius 3 is 2.55 bits per heavy atom. The highest BCUT2D eigenvalue weighted by molar-refractivity contribution is 7.09. The third-order valence-corrected chi connectivity index (χ3v) is 8.59. The van der Waals surface area contributed by atoms with Crippen LogP contribution in [-0.2, 0) is 22.6 Å². The molecule has 212 valence electrons. The first-order valence-electron chi connectivity index (χ1n) is 14.0. The van der Waals surface area contributed by atoms with Gasteiger partial charge in [0.05, 0.1) is 12.6 Å². The molecule has 3 aromatic rings. The van der Waals surface area contributed by atoms with E-state index in [-0.39, 0.29) is 24.5 Å². The lowest BCUT2D eigenvalue weighted by Gasteiger charge is -2.38. The van der Waals surface area contributed by atoms with Gasteiger partial charge in [-0.15, -0.1) is 11.3 Å². The van der Waals surface area contributed by atoms with Crippen LogP contribution in [0, 0.1) is 6.92 Å². The lowest BCUT2D eigenvalue weighted by molar-refractivity contribution is -0.132. The number of hydrogen-bond acceptors (Lipinski definition) is 7. The molecule has 5 rings (SSSR count). The minimum atomic E-state index is -0.139. The van der Waals surface area contributed by atoms with Crippen LogP contribution in [0.2, 0.25) is 0 Å². The molecule has 2 aliphatic heterocycles. The van der Waals surface area contributed by atoms with E-state index in [4.69, 9.17) is 9.47 Å². The minimum absolute atomic E-state index is 0.0238. The summed E-state index contributed by atoms with van der Waals surface area (Å²) in [4.78, 5) is 36.7. The fourth-order valence-corrected chi connectivity index (χ4v) is 6.12. The molecule has 40 heavy (non-hydrogen) atoms. The zero-order valence-electron chi connectivity index (χ0n) is 23.6. The second-order valence-electron chi connectivity index (χ2n) is 10.4.